The molecule has 0 spiro atoms. The summed E-state index contributed by atoms with van der Waals surface area (Å²) < 4.78 is 0. The third-order valence-corrected chi connectivity index (χ3v) is 3.50. The van der Waals surface area contributed by atoms with Crippen molar-refractivity contribution in [2.75, 3.05) is 19.6 Å². The number of pyridine rings is 1. The van der Waals surface area contributed by atoms with E-state index in [1.54, 1.807) is 24.5 Å². The summed E-state index contributed by atoms with van der Waals surface area (Å²) in [7, 11) is 0. The van der Waals surface area contributed by atoms with Crippen LogP contribution in [0, 0.1) is 0 Å². The topological polar surface area (TPSA) is 104 Å². The first-order valence-electron chi connectivity index (χ1n) is 6.86. The van der Waals surface area contributed by atoms with Gasteiger partial charge >= 0.3 is 17.9 Å². The number of rotatable bonds is 2. The van der Waals surface area contributed by atoms with Crippen LogP contribution >= 0.6 is 0 Å². The van der Waals surface area contributed by atoms with Crippen molar-refractivity contribution in [3.63, 3.8) is 0 Å². The largest absolute Gasteiger partial charge is 0.421 e. The van der Waals surface area contributed by atoms with E-state index in [-0.39, 0.29) is 6.54 Å². The number of carbonyl (C=O) groups excluding carboxylic acids is 3. The molecule has 2 aliphatic heterocycles. The predicted octanol–water partition coefficient (Wildman–Crippen LogP) is -1.18. The SMILES string of the molecule is O=C1ON(C(=O)NCc2ccncc2)C2CNCCN2C1=O. The van der Waals surface area contributed by atoms with Crippen LogP contribution in [0.3, 0.4) is 0 Å². The molecule has 116 valence electrons. The van der Waals surface area contributed by atoms with E-state index < -0.39 is 24.1 Å². The second-order valence-corrected chi connectivity index (χ2v) is 4.90. The number of fused-ring (bicyclic) bond motifs is 1. The molecule has 0 aliphatic carbocycles. The molecule has 9 nitrogen and oxygen atoms in total. The number of hydrogen-bond donors (Lipinski definition) is 2. The van der Waals surface area contributed by atoms with Crippen molar-refractivity contribution in [2.45, 2.75) is 12.7 Å². The highest BCUT2D eigenvalue weighted by molar-refractivity contribution is 6.33. The summed E-state index contributed by atoms with van der Waals surface area (Å²) >= 11 is 0. The van der Waals surface area contributed by atoms with Gasteiger partial charge in [-0.15, -0.1) is 5.06 Å². The summed E-state index contributed by atoms with van der Waals surface area (Å²) in [4.78, 5) is 45.7. The van der Waals surface area contributed by atoms with Crippen LogP contribution in [0.25, 0.3) is 0 Å². The third kappa shape index (κ3) is 2.70. The molecule has 0 saturated carbocycles. The maximum atomic E-state index is 12.2. The van der Waals surface area contributed by atoms with Gasteiger partial charge in [0.15, 0.2) is 6.17 Å². The lowest BCUT2D eigenvalue weighted by molar-refractivity contribution is -0.222. The Morgan fingerprint density at radius 3 is 2.95 bits per heavy atom. The van der Waals surface area contributed by atoms with E-state index in [9.17, 15) is 14.4 Å². The molecule has 2 saturated heterocycles. The van der Waals surface area contributed by atoms with Gasteiger partial charge in [-0.3, -0.25) is 9.78 Å². The third-order valence-electron chi connectivity index (χ3n) is 3.50. The highest BCUT2D eigenvalue weighted by atomic mass is 16.7. The van der Waals surface area contributed by atoms with Crippen molar-refractivity contribution >= 4 is 17.9 Å². The Hall–Kier alpha value is -2.68. The number of nitrogens with one attached hydrogen (secondary N) is 2. The van der Waals surface area contributed by atoms with E-state index >= 15 is 0 Å². The number of carbonyl (C=O) groups is 3. The van der Waals surface area contributed by atoms with Gasteiger partial charge in [0.1, 0.15) is 0 Å². The van der Waals surface area contributed by atoms with E-state index in [0.29, 0.717) is 19.6 Å². The minimum atomic E-state index is -1.04. The Labute approximate surface area is 126 Å². The van der Waals surface area contributed by atoms with Crippen molar-refractivity contribution in [1.82, 2.24) is 25.6 Å². The molecule has 2 fully saturated rings. The van der Waals surface area contributed by atoms with E-state index in [1.807, 2.05) is 0 Å². The average Bonchev–Trinajstić information content (AvgIpc) is 2.57. The molecule has 9 heteroatoms. The maximum Gasteiger partial charge on any atom is 0.421 e. The minimum Gasteiger partial charge on any atom is -0.331 e. The number of nitrogens with zero attached hydrogens (tertiary/aromatic N) is 3. The Kier molecular flexibility index (Phi) is 3.88. The average molecular weight is 305 g/mol. The fourth-order valence-electron chi connectivity index (χ4n) is 2.38. The standard InChI is InChI=1S/C13H15N5O4/c19-11-12(20)22-18(10-8-15-5-6-17(10)11)13(21)16-7-9-1-3-14-4-2-9/h1-4,10,15H,5-8H2,(H,16,21). The Balaban J connectivity index is 1.68. The van der Waals surface area contributed by atoms with Crippen LogP contribution in [-0.2, 0) is 21.0 Å². The summed E-state index contributed by atoms with van der Waals surface area (Å²) in [5.74, 6) is -1.76. The number of piperazine rings is 1. The fraction of sp³-hybridized carbons (Fsp3) is 0.385. The van der Waals surface area contributed by atoms with Crippen molar-refractivity contribution in [3.05, 3.63) is 30.1 Å². The molecule has 1 atom stereocenters. The van der Waals surface area contributed by atoms with Gasteiger partial charge in [0.2, 0.25) is 0 Å². The zero-order chi connectivity index (χ0) is 15.5. The van der Waals surface area contributed by atoms with Gasteiger partial charge < -0.3 is 20.4 Å². The van der Waals surface area contributed by atoms with Gasteiger partial charge in [-0.25, -0.2) is 9.59 Å². The lowest BCUT2D eigenvalue weighted by Gasteiger charge is -2.43. The number of aromatic nitrogens is 1. The van der Waals surface area contributed by atoms with Gasteiger partial charge in [-0.2, -0.15) is 0 Å². The molecule has 2 N–H and O–H groups in total. The molecule has 2 aliphatic rings. The summed E-state index contributed by atoms with van der Waals surface area (Å²) in [5.41, 5.74) is 0.862. The molecule has 3 heterocycles. The normalized spacial score (nSPS) is 21.2. The Bertz CT molecular complexity index is 593. The Morgan fingerprint density at radius 2 is 2.18 bits per heavy atom. The van der Waals surface area contributed by atoms with Gasteiger partial charge in [0, 0.05) is 38.6 Å². The van der Waals surface area contributed by atoms with Gasteiger partial charge in [-0.05, 0) is 17.7 Å². The summed E-state index contributed by atoms with van der Waals surface area (Å²) in [6.45, 7) is 1.54. The smallest absolute Gasteiger partial charge is 0.331 e. The van der Waals surface area contributed by atoms with Gasteiger partial charge in [-0.1, -0.05) is 0 Å². The molecule has 3 rings (SSSR count). The first kappa shape index (κ1) is 14.3. The van der Waals surface area contributed by atoms with Crippen LogP contribution in [0.15, 0.2) is 24.5 Å². The summed E-state index contributed by atoms with van der Waals surface area (Å²) in [5, 5.41) is 6.63. The second-order valence-electron chi connectivity index (χ2n) is 4.90. The van der Waals surface area contributed by atoms with Gasteiger partial charge in [0.25, 0.3) is 0 Å². The molecule has 1 aromatic rings. The quantitative estimate of drug-likeness (QED) is 0.667. The van der Waals surface area contributed by atoms with Crippen molar-refractivity contribution in [3.8, 4) is 0 Å². The van der Waals surface area contributed by atoms with E-state index in [4.69, 9.17) is 4.84 Å². The number of hydrogen-bond acceptors (Lipinski definition) is 6. The number of amides is 3. The summed E-state index contributed by atoms with van der Waals surface area (Å²) in [6, 6.07) is 2.96. The van der Waals surface area contributed by atoms with Crippen molar-refractivity contribution < 1.29 is 19.2 Å². The molecule has 3 amide bonds. The van der Waals surface area contributed by atoms with Crippen LogP contribution in [0.5, 0.6) is 0 Å². The molecule has 0 bridgehead atoms. The van der Waals surface area contributed by atoms with Crippen LogP contribution in [0.1, 0.15) is 5.56 Å². The Morgan fingerprint density at radius 1 is 1.41 bits per heavy atom. The molecule has 0 aromatic carbocycles. The monoisotopic (exact) mass is 305 g/mol. The van der Waals surface area contributed by atoms with E-state index in [0.717, 1.165) is 10.6 Å². The molecular formula is C13H15N5O4. The second kappa shape index (κ2) is 5.98. The summed E-state index contributed by atoms with van der Waals surface area (Å²) in [6.07, 6.45) is 2.61. The van der Waals surface area contributed by atoms with Crippen molar-refractivity contribution in [2.24, 2.45) is 0 Å². The zero-order valence-corrected chi connectivity index (χ0v) is 11.7. The first-order chi connectivity index (χ1) is 10.7. The van der Waals surface area contributed by atoms with Crippen LogP contribution in [0.4, 0.5) is 4.79 Å². The molecule has 1 unspecified atom stereocenters. The van der Waals surface area contributed by atoms with Crippen LogP contribution < -0.4 is 10.6 Å². The molecular weight excluding hydrogens is 290 g/mol. The van der Waals surface area contributed by atoms with Gasteiger partial charge in [0.05, 0.1) is 0 Å². The van der Waals surface area contributed by atoms with E-state index in [2.05, 4.69) is 15.6 Å². The highest BCUT2D eigenvalue weighted by Gasteiger charge is 2.45. The number of hydroxylamine groups is 2. The highest BCUT2D eigenvalue weighted by Crippen LogP contribution is 2.16. The fourth-order valence-corrected chi connectivity index (χ4v) is 2.38. The lowest BCUT2D eigenvalue weighted by atomic mass is 10.2. The molecule has 22 heavy (non-hydrogen) atoms. The minimum absolute atomic E-state index is 0.267. The number of urea groups is 1. The van der Waals surface area contributed by atoms with Crippen molar-refractivity contribution in [1.29, 1.82) is 0 Å². The predicted molar refractivity (Wildman–Crippen MR) is 72.8 cm³/mol. The van der Waals surface area contributed by atoms with E-state index in [1.165, 1.54) is 4.90 Å². The zero-order valence-electron chi connectivity index (χ0n) is 11.7. The molecule has 0 radical (unpaired) electrons. The molecule has 1 aromatic heterocycles. The van der Waals surface area contributed by atoms with Crippen LogP contribution in [0.2, 0.25) is 0 Å². The van der Waals surface area contributed by atoms with Crippen LogP contribution in [-0.4, -0.2) is 58.7 Å². The first-order valence-corrected chi connectivity index (χ1v) is 6.86. The maximum absolute atomic E-state index is 12.2. The lowest BCUT2D eigenvalue weighted by Crippen LogP contribution is -2.68.